The molecule has 0 aliphatic heterocycles. The number of nitrogens with zero attached hydrogens (tertiary/aromatic N) is 2. The molecular formula is C19H18N2O3S. The van der Waals surface area contributed by atoms with Crippen LogP contribution < -0.4 is 4.74 Å². The SMILES string of the molecule is COc1cncc(/C=C/C(=O)OCCCc2nc3ccccc3s2)c1. The minimum atomic E-state index is -0.368. The first-order chi connectivity index (χ1) is 12.2. The Balaban J connectivity index is 1.43. The van der Waals surface area contributed by atoms with Crippen LogP contribution in [0.2, 0.25) is 0 Å². The number of esters is 1. The Kier molecular flexibility index (Phi) is 5.74. The van der Waals surface area contributed by atoms with E-state index < -0.39 is 0 Å². The van der Waals surface area contributed by atoms with Crippen molar-refractivity contribution in [3.05, 3.63) is 59.4 Å². The Morgan fingerprint density at radius 3 is 3.00 bits per heavy atom. The van der Waals surface area contributed by atoms with Crippen molar-refractivity contribution in [2.24, 2.45) is 0 Å². The highest BCUT2D eigenvalue weighted by Gasteiger charge is 2.04. The minimum Gasteiger partial charge on any atom is -0.495 e. The second kappa shape index (κ2) is 8.39. The van der Waals surface area contributed by atoms with Crippen molar-refractivity contribution in [3.8, 4) is 5.75 Å². The van der Waals surface area contributed by atoms with Crippen LogP contribution in [0.5, 0.6) is 5.75 Å². The largest absolute Gasteiger partial charge is 0.495 e. The number of aryl methyl sites for hydroxylation is 1. The minimum absolute atomic E-state index is 0.368. The molecule has 2 heterocycles. The molecule has 25 heavy (non-hydrogen) atoms. The molecule has 1 aromatic carbocycles. The summed E-state index contributed by atoms with van der Waals surface area (Å²) in [4.78, 5) is 20.3. The van der Waals surface area contributed by atoms with E-state index in [1.165, 1.54) is 10.8 Å². The Morgan fingerprint density at radius 1 is 1.28 bits per heavy atom. The number of hydrogen-bond donors (Lipinski definition) is 0. The summed E-state index contributed by atoms with van der Waals surface area (Å²) < 4.78 is 11.5. The number of benzene rings is 1. The summed E-state index contributed by atoms with van der Waals surface area (Å²) in [6.45, 7) is 0.370. The Bertz CT molecular complexity index is 856. The van der Waals surface area contributed by atoms with E-state index in [0.717, 1.165) is 28.9 Å². The van der Waals surface area contributed by atoms with Gasteiger partial charge in [-0.2, -0.15) is 0 Å². The molecule has 0 aliphatic carbocycles. The lowest BCUT2D eigenvalue weighted by atomic mass is 10.2. The molecule has 3 rings (SSSR count). The zero-order valence-electron chi connectivity index (χ0n) is 13.8. The molecule has 0 radical (unpaired) electrons. The summed E-state index contributed by atoms with van der Waals surface area (Å²) >= 11 is 1.68. The third-order valence-corrected chi connectivity index (χ3v) is 4.60. The van der Waals surface area contributed by atoms with Crippen molar-refractivity contribution in [2.75, 3.05) is 13.7 Å². The van der Waals surface area contributed by atoms with E-state index in [9.17, 15) is 4.79 Å². The number of carbonyl (C=O) groups is 1. The van der Waals surface area contributed by atoms with Crippen LogP contribution in [-0.4, -0.2) is 29.7 Å². The van der Waals surface area contributed by atoms with Crippen LogP contribution in [0.25, 0.3) is 16.3 Å². The number of rotatable bonds is 7. The number of methoxy groups -OCH3 is 1. The topological polar surface area (TPSA) is 61.3 Å². The van der Waals surface area contributed by atoms with Crippen LogP contribution in [0.4, 0.5) is 0 Å². The van der Waals surface area contributed by atoms with E-state index in [-0.39, 0.29) is 5.97 Å². The average Bonchev–Trinajstić information content (AvgIpc) is 3.06. The smallest absolute Gasteiger partial charge is 0.330 e. The third kappa shape index (κ3) is 4.87. The molecule has 5 nitrogen and oxygen atoms in total. The van der Waals surface area contributed by atoms with Gasteiger partial charge >= 0.3 is 5.97 Å². The van der Waals surface area contributed by atoms with E-state index in [0.29, 0.717) is 12.4 Å². The summed E-state index contributed by atoms with van der Waals surface area (Å²) in [5, 5.41) is 1.07. The zero-order valence-corrected chi connectivity index (χ0v) is 14.7. The van der Waals surface area contributed by atoms with Crippen LogP contribution >= 0.6 is 11.3 Å². The highest BCUT2D eigenvalue weighted by molar-refractivity contribution is 7.18. The third-order valence-electron chi connectivity index (χ3n) is 3.50. The number of hydrogen-bond acceptors (Lipinski definition) is 6. The summed E-state index contributed by atoms with van der Waals surface area (Å²) in [5.74, 6) is 0.276. The highest BCUT2D eigenvalue weighted by atomic mass is 32.1. The summed E-state index contributed by atoms with van der Waals surface area (Å²) in [6, 6.07) is 9.86. The monoisotopic (exact) mass is 354 g/mol. The van der Waals surface area contributed by atoms with E-state index in [2.05, 4.69) is 16.0 Å². The summed E-state index contributed by atoms with van der Waals surface area (Å²) in [6.07, 6.45) is 7.87. The van der Waals surface area contributed by atoms with E-state index >= 15 is 0 Å². The maximum atomic E-state index is 11.7. The van der Waals surface area contributed by atoms with Gasteiger partial charge in [-0.15, -0.1) is 11.3 Å². The van der Waals surface area contributed by atoms with Crippen LogP contribution in [0.15, 0.2) is 48.8 Å². The molecule has 0 unspecified atom stereocenters. The van der Waals surface area contributed by atoms with Gasteiger partial charge in [-0.3, -0.25) is 4.98 Å². The molecule has 128 valence electrons. The van der Waals surface area contributed by atoms with Crippen LogP contribution in [0, 0.1) is 0 Å². The van der Waals surface area contributed by atoms with Gasteiger partial charge in [0.1, 0.15) is 5.75 Å². The molecule has 0 atom stereocenters. The summed E-state index contributed by atoms with van der Waals surface area (Å²) in [7, 11) is 1.57. The standard InChI is InChI=1S/C19H18N2O3S/c1-23-15-11-14(12-20-13-15)8-9-19(22)24-10-4-7-18-21-16-5-2-3-6-17(16)25-18/h2-3,5-6,8-9,11-13H,4,7,10H2,1H3/b9-8+. The number of thiazole rings is 1. The molecule has 2 aromatic heterocycles. The molecule has 0 bridgehead atoms. The molecule has 0 fully saturated rings. The molecule has 0 amide bonds. The maximum Gasteiger partial charge on any atom is 0.330 e. The van der Waals surface area contributed by atoms with Gasteiger partial charge in [-0.1, -0.05) is 12.1 Å². The quantitative estimate of drug-likeness (QED) is 0.366. The van der Waals surface area contributed by atoms with Crippen molar-refractivity contribution in [1.82, 2.24) is 9.97 Å². The number of para-hydroxylation sites is 1. The second-order valence-electron chi connectivity index (χ2n) is 5.34. The van der Waals surface area contributed by atoms with Crippen molar-refractivity contribution in [2.45, 2.75) is 12.8 Å². The Morgan fingerprint density at radius 2 is 2.16 bits per heavy atom. The van der Waals surface area contributed by atoms with Gasteiger partial charge in [0.25, 0.3) is 0 Å². The van der Waals surface area contributed by atoms with Gasteiger partial charge in [0.15, 0.2) is 0 Å². The molecule has 6 heteroatoms. The van der Waals surface area contributed by atoms with Crippen LogP contribution in [-0.2, 0) is 16.0 Å². The maximum absolute atomic E-state index is 11.7. The lowest BCUT2D eigenvalue weighted by molar-refractivity contribution is -0.137. The van der Waals surface area contributed by atoms with Crippen molar-refractivity contribution < 1.29 is 14.3 Å². The molecule has 0 aliphatic rings. The van der Waals surface area contributed by atoms with Crippen LogP contribution in [0.3, 0.4) is 0 Å². The molecule has 0 spiro atoms. The number of carbonyl (C=O) groups excluding carboxylic acids is 1. The predicted octanol–water partition coefficient (Wildman–Crippen LogP) is 3.89. The summed E-state index contributed by atoms with van der Waals surface area (Å²) in [5.41, 5.74) is 1.81. The lowest BCUT2D eigenvalue weighted by Crippen LogP contribution is -2.03. The molecular weight excluding hydrogens is 336 g/mol. The van der Waals surface area contributed by atoms with Crippen molar-refractivity contribution in [3.63, 3.8) is 0 Å². The molecule has 3 aromatic rings. The fourth-order valence-corrected chi connectivity index (χ4v) is 3.28. The van der Waals surface area contributed by atoms with Crippen LogP contribution in [0.1, 0.15) is 17.0 Å². The first-order valence-corrected chi connectivity index (χ1v) is 8.74. The number of fused-ring (bicyclic) bond motifs is 1. The Hall–Kier alpha value is -2.73. The van der Waals surface area contributed by atoms with E-state index in [4.69, 9.17) is 9.47 Å². The predicted molar refractivity (Wildman–Crippen MR) is 98.7 cm³/mol. The van der Waals surface area contributed by atoms with Crippen molar-refractivity contribution in [1.29, 1.82) is 0 Å². The van der Waals surface area contributed by atoms with Gasteiger partial charge in [0.05, 0.1) is 35.1 Å². The van der Waals surface area contributed by atoms with Gasteiger partial charge in [0.2, 0.25) is 0 Å². The average molecular weight is 354 g/mol. The van der Waals surface area contributed by atoms with Gasteiger partial charge < -0.3 is 9.47 Å². The van der Waals surface area contributed by atoms with Gasteiger partial charge in [0, 0.05) is 18.7 Å². The number of ether oxygens (including phenoxy) is 2. The van der Waals surface area contributed by atoms with Crippen molar-refractivity contribution >= 4 is 33.6 Å². The van der Waals surface area contributed by atoms with E-state index in [1.807, 2.05) is 18.2 Å². The first-order valence-electron chi connectivity index (χ1n) is 7.93. The normalized spacial score (nSPS) is 11.1. The number of pyridine rings is 1. The first kappa shape index (κ1) is 17.1. The van der Waals surface area contributed by atoms with Gasteiger partial charge in [-0.05, 0) is 36.3 Å². The fourth-order valence-electron chi connectivity index (χ4n) is 2.27. The second-order valence-corrected chi connectivity index (χ2v) is 6.45. The number of aromatic nitrogens is 2. The van der Waals surface area contributed by atoms with E-state index in [1.54, 1.807) is 43.0 Å². The molecule has 0 saturated heterocycles. The highest BCUT2D eigenvalue weighted by Crippen LogP contribution is 2.22. The zero-order chi connectivity index (χ0) is 17.5. The molecule has 0 N–H and O–H groups in total. The molecule has 0 saturated carbocycles. The fraction of sp³-hybridized carbons (Fsp3) is 0.211. The van der Waals surface area contributed by atoms with Gasteiger partial charge in [-0.25, -0.2) is 9.78 Å². The Labute approximate surface area is 150 Å². The lowest BCUT2D eigenvalue weighted by Gasteiger charge is -2.01.